The molecule has 4 nitrogen and oxygen atoms in total. The van der Waals surface area contributed by atoms with E-state index in [4.69, 9.17) is 0 Å². The number of carbonyl (C=O) groups is 2. The third-order valence-corrected chi connectivity index (χ3v) is 0.612. The van der Waals surface area contributed by atoms with Gasteiger partial charge in [-0.3, -0.25) is 0 Å². The average Bonchev–Trinajstić information content (AvgIpc) is 1.27. The zero-order chi connectivity index (χ0) is 5.86. The van der Waals surface area contributed by atoms with Crippen LogP contribution in [-0.2, 0) is 0 Å². The molecule has 0 spiro atoms. The van der Waals surface area contributed by atoms with E-state index in [0.29, 0.717) is 0 Å². The van der Waals surface area contributed by atoms with Gasteiger partial charge in [0.15, 0.2) is 0 Å². The van der Waals surface area contributed by atoms with Crippen molar-refractivity contribution in [1.82, 2.24) is 0 Å². The third-order valence-electron chi connectivity index (χ3n) is 0.204. The molecule has 0 N–H and O–H groups in total. The quantitative estimate of drug-likeness (QED) is 0.409. The molecule has 0 amide bonds. The molecule has 0 unspecified atom stereocenters. The van der Waals surface area contributed by atoms with Crippen LogP contribution in [0.2, 0.25) is 0 Å². The molecule has 0 aromatic carbocycles. The van der Waals surface area contributed by atoms with Crippen LogP contribution in [0, 0.1) is 0 Å². The molecule has 7 heavy (non-hydrogen) atoms. The van der Waals surface area contributed by atoms with E-state index in [1.807, 2.05) is 0 Å². The summed E-state index contributed by atoms with van der Waals surface area (Å²) in [6.07, 6.45) is 0. The highest BCUT2D eigenvalue weighted by Crippen LogP contribution is 2.04. The Morgan fingerprint density at radius 2 is 1.43 bits per heavy atom. The van der Waals surface area contributed by atoms with Crippen LogP contribution in [0.25, 0.3) is 0 Å². The van der Waals surface area contributed by atoms with Gasteiger partial charge < -0.3 is 19.8 Å². The standard InChI is InChI=1S/C2H3O4P/c3-1(4)7-2(5)6/h7H,(H,3,4)(H,5,6)/p-2. The highest BCUT2D eigenvalue weighted by molar-refractivity contribution is 7.72. The predicted octanol–water partition coefficient (Wildman–Crippen LogP) is -1.65. The summed E-state index contributed by atoms with van der Waals surface area (Å²) in [5.41, 5.74) is -3.19. The van der Waals surface area contributed by atoms with Gasteiger partial charge in [-0.2, -0.15) is 0 Å². The van der Waals surface area contributed by atoms with Crippen molar-refractivity contribution in [3.05, 3.63) is 0 Å². The Bertz CT molecular complexity index is 85.9. The topological polar surface area (TPSA) is 80.3 Å². The van der Waals surface area contributed by atoms with E-state index in [-0.39, 0.29) is 0 Å². The second-order valence-electron chi connectivity index (χ2n) is 0.700. The van der Waals surface area contributed by atoms with E-state index < -0.39 is 20.0 Å². The second kappa shape index (κ2) is 2.53. The molecule has 5 heteroatoms. The minimum absolute atomic E-state index is 1.24. The molecule has 0 radical (unpaired) electrons. The largest absolute Gasteiger partial charge is 0.545 e. The van der Waals surface area contributed by atoms with Crippen molar-refractivity contribution in [3.63, 3.8) is 0 Å². The van der Waals surface area contributed by atoms with E-state index in [1.165, 1.54) is 0 Å². The zero-order valence-corrected chi connectivity index (χ0v) is 4.13. The van der Waals surface area contributed by atoms with Crippen molar-refractivity contribution in [2.24, 2.45) is 0 Å². The molecule has 0 aromatic rings. The minimum Gasteiger partial charge on any atom is -0.545 e. The number of hydrogen-bond donors (Lipinski definition) is 0. The molecule has 0 aliphatic carbocycles. The fourth-order valence-electron chi connectivity index (χ4n) is 0.0833. The van der Waals surface area contributed by atoms with Gasteiger partial charge in [0.25, 0.3) is 0 Å². The predicted molar refractivity (Wildman–Crippen MR) is 19.1 cm³/mol. The lowest BCUT2D eigenvalue weighted by molar-refractivity contribution is -0.238. The normalized spacial score (nSPS) is 8.00. The zero-order valence-electron chi connectivity index (χ0n) is 3.13. The molecule has 0 atom stereocenters. The van der Waals surface area contributed by atoms with Crippen molar-refractivity contribution < 1.29 is 19.8 Å². The number of carboxylic acid groups (broad SMARTS) is 2. The summed E-state index contributed by atoms with van der Waals surface area (Å²) in [7, 11) is -1.24. The molecule has 0 aliphatic rings. The number of hydrogen-bond acceptors (Lipinski definition) is 4. The van der Waals surface area contributed by atoms with Crippen LogP contribution in [0.15, 0.2) is 0 Å². The van der Waals surface area contributed by atoms with Crippen molar-refractivity contribution >= 4 is 20.0 Å². The average molecular weight is 120 g/mol. The SMILES string of the molecule is O=C([O-])PC(=O)[O-]. The summed E-state index contributed by atoms with van der Waals surface area (Å²) in [5, 5.41) is 18.6. The van der Waals surface area contributed by atoms with E-state index in [9.17, 15) is 19.8 Å². The molecule has 0 fully saturated rings. The molecule has 0 saturated heterocycles. The first-order valence-corrected chi connectivity index (χ1v) is 2.32. The maximum Gasteiger partial charge on any atom is 0.0673 e. The van der Waals surface area contributed by atoms with Crippen LogP contribution in [0.3, 0.4) is 0 Å². The van der Waals surface area contributed by atoms with Gasteiger partial charge in [0.1, 0.15) is 0 Å². The molecule has 0 heterocycles. The van der Waals surface area contributed by atoms with Gasteiger partial charge in [-0.15, -0.1) is 0 Å². The maximum absolute atomic E-state index is 9.29. The monoisotopic (exact) mass is 120 g/mol. The first kappa shape index (κ1) is 6.37. The van der Waals surface area contributed by atoms with E-state index in [0.717, 1.165) is 0 Å². The lowest BCUT2D eigenvalue weighted by Gasteiger charge is -1.99. The fraction of sp³-hybridized carbons (Fsp3) is 0. The molecule has 40 valence electrons. The van der Waals surface area contributed by atoms with E-state index in [2.05, 4.69) is 0 Å². The first-order chi connectivity index (χ1) is 3.13. The van der Waals surface area contributed by atoms with Gasteiger partial charge in [0.2, 0.25) is 0 Å². The van der Waals surface area contributed by atoms with Crippen LogP contribution in [0.1, 0.15) is 0 Å². The molecular formula is C2HO4P-2. The summed E-state index contributed by atoms with van der Waals surface area (Å²) >= 11 is 0. The van der Waals surface area contributed by atoms with Crippen LogP contribution in [0.4, 0.5) is 9.59 Å². The highest BCUT2D eigenvalue weighted by atomic mass is 31.1. The van der Waals surface area contributed by atoms with Crippen molar-refractivity contribution in [2.75, 3.05) is 0 Å². The van der Waals surface area contributed by atoms with Gasteiger partial charge in [0, 0.05) is 0 Å². The third kappa shape index (κ3) is 5.37. The lowest BCUT2D eigenvalue weighted by Crippen LogP contribution is -2.22. The van der Waals surface area contributed by atoms with Crippen LogP contribution in [0.5, 0.6) is 0 Å². The van der Waals surface area contributed by atoms with Gasteiger partial charge in [0.05, 0.1) is 11.4 Å². The van der Waals surface area contributed by atoms with Gasteiger partial charge >= 0.3 is 0 Å². The summed E-state index contributed by atoms with van der Waals surface area (Å²) in [6, 6.07) is 0. The summed E-state index contributed by atoms with van der Waals surface area (Å²) in [5.74, 6) is 0. The summed E-state index contributed by atoms with van der Waals surface area (Å²) in [4.78, 5) is 18.6. The number of rotatable bonds is 2. The Morgan fingerprint density at radius 1 is 1.14 bits per heavy atom. The molecular weight excluding hydrogens is 119 g/mol. The first-order valence-electron chi connectivity index (χ1n) is 1.32. The molecule has 0 bridgehead atoms. The van der Waals surface area contributed by atoms with Crippen molar-refractivity contribution in [3.8, 4) is 0 Å². The van der Waals surface area contributed by atoms with Crippen molar-refractivity contribution in [2.45, 2.75) is 0 Å². The Kier molecular flexibility index (Phi) is 2.30. The lowest BCUT2D eigenvalue weighted by atomic mass is 11.6. The van der Waals surface area contributed by atoms with E-state index >= 15 is 0 Å². The highest BCUT2D eigenvalue weighted by Gasteiger charge is 1.80. The molecule has 0 aliphatic heterocycles. The molecule has 0 saturated carbocycles. The summed E-state index contributed by atoms with van der Waals surface area (Å²) in [6.45, 7) is 0. The molecule has 0 rings (SSSR count). The van der Waals surface area contributed by atoms with Crippen LogP contribution >= 0.6 is 8.58 Å². The van der Waals surface area contributed by atoms with Crippen LogP contribution < -0.4 is 10.2 Å². The summed E-state index contributed by atoms with van der Waals surface area (Å²) < 4.78 is 0. The minimum atomic E-state index is -1.60. The van der Waals surface area contributed by atoms with Gasteiger partial charge in [-0.25, -0.2) is 0 Å². The van der Waals surface area contributed by atoms with Gasteiger partial charge in [-0.1, -0.05) is 0 Å². The Hall–Kier alpha value is -0.630. The second-order valence-corrected chi connectivity index (χ2v) is 1.77. The van der Waals surface area contributed by atoms with Crippen LogP contribution in [-0.4, -0.2) is 11.4 Å². The Labute approximate surface area is 40.9 Å². The Morgan fingerprint density at radius 3 is 1.43 bits per heavy atom. The maximum atomic E-state index is 9.29. The van der Waals surface area contributed by atoms with Gasteiger partial charge in [-0.05, 0) is 8.58 Å². The number of carbonyl (C=O) groups excluding carboxylic acids is 2. The fourth-order valence-corrected chi connectivity index (χ4v) is 0.250. The Balaban J connectivity index is 3.32. The smallest absolute Gasteiger partial charge is 0.0673 e. The molecule has 0 aromatic heterocycles. The van der Waals surface area contributed by atoms with E-state index in [1.54, 1.807) is 0 Å². The van der Waals surface area contributed by atoms with Crippen molar-refractivity contribution in [1.29, 1.82) is 0 Å².